The monoisotopic (exact) mass is 380 g/mol. The Hall–Kier alpha value is -2.76. The van der Waals surface area contributed by atoms with E-state index in [0.717, 1.165) is 30.5 Å². The number of nitrogens with zero attached hydrogens (tertiary/aromatic N) is 2. The lowest BCUT2D eigenvalue weighted by Crippen LogP contribution is -2.44. The van der Waals surface area contributed by atoms with Crippen molar-refractivity contribution in [2.45, 2.75) is 58.5 Å². The zero-order chi connectivity index (χ0) is 20.1. The van der Waals surface area contributed by atoms with Crippen LogP contribution in [0.4, 0.5) is 0 Å². The first-order chi connectivity index (χ1) is 13.4. The molecule has 1 aromatic heterocycles. The van der Waals surface area contributed by atoms with E-state index in [9.17, 15) is 9.59 Å². The molecule has 2 aromatic rings. The van der Waals surface area contributed by atoms with Crippen molar-refractivity contribution in [3.05, 3.63) is 59.2 Å². The molecule has 1 aliphatic rings. The van der Waals surface area contributed by atoms with Gasteiger partial charge in [0.1, 0.15) is 5.69 Å². The van der Waals surface area contributed by atoms with E-state index in [0.29, 0.717) is 12.5 Å². The summed E-state index contributed by atoms with van der Waals surface area (Å²) >= 11 is 0. The highest BCUT2D eigenvalue weighted by molar-refractivity contribution is 5.92. The van der Waals surface area contributed by atoms with E-state index in [2.05, 4.69) is 58.7 Å². The molecule has 1 heterocycles. The first kappa shape index (κ1) is 20.0. The standard InChI is InChI=1S/C22H28N4O2/c1-14(2)17-9-7-16(8-10-17)12-25-21(27)18-5-4-6-19(18)26-22(28)20-13-23-15(3)11-24-20/h7-11,13-14,18-19H,4-6,12H2,1-3H3,(H,25,27)(H,26,28)/t18-,19+/m0/s1. The molecule has 0 aliphatic heterocycles. The number of aromatic nitrogens is 2. The summed E-state index contributed by atoms with van der Waals surface area (Å²) in [6.45, 7) is 6.64. The van der Waals surface area contributed by atoms with Gasteiger partial charge in [-0.1, -0.05) is 44.5 Å². The van der Waals surface area contributed by atoms with Gasteiger partial charge in [0, 0.05) is 18.8 Å². The number of carbonyl (C=O) groups excluding carboxylic acids is 2. The zero-order valence-corrected chi connectivity index (χ0v) is 16.7. The average Bonchev–Trinajstić information content (AvgIpc) is 3.15. The molecular weight excluding hydrogens is 352 g/mol. The van der Waals surface area contributed by atoms with Gasteiger partial charge in [-0.05, 0) is 36.8 Å². The third-order valence-electron chi connectivity index (χ3n) is 5.30. The molecule has 0 saturated heterocycles. The highest BCUT2D eigenvalue weighted by Crippen LogP contribution is 2.26. The molecule has 1 aliphatic carbocycles. The molecular formula is C22H28N4O2. The van der Waals surface area contributed by atoms with Crippen molar-refractivity contribution in [3.63, 3.8) is 0 Å². The molecule has 1 saturated carbocycles. The van der Waals surface area contributed by atoms with E-state index in [1.54, 1.807) is 6.20 Å². The molecule has 6 heteroatoms. The van der Waals surface area contributed by atoms with Crippen LogP contribution in [0.3, 0.4) is 0 Å². The minimum absolute atomic E-state index is 0.00859. The predicted molar refractivity (Wildman–Crippen MR) is 108 cm³/mol. The number of nitrogens with one attached hydrogen (secondary N) is 2. The molecule has 2 atom stereocenters. The fourth-order valence-electron chi connectivity index (χ4n) is 3.54. The summed E-state index contributed by atoms with van der Waals surface area (Å²) in [6.07, 6.45) is 5.54. The van der Waals surface area contributed by atoms with Gasteiger partial charge < -0.3 is 10.6 Å². The van der Waals surface area contributed by atoms with Crippen LogP contribution in [-0.2, 0) is 11.3 Å². The predicted octanol–water partition coefficient (Wildman–Crippen LogP) is 3.12. The number of hydrogen-bond donors (Lipinski definition) is 2. The second-order valence-corrected chi connectivity index (χ2v) is 7.77. The maximum Gasteiger partial charge on any atom is 0.271 e. The topological polar surface area (TPSA) is 84.0 Å². The van der Waals surface area contributed by atoms with Gasteiger partial charge in [0.2, 0.25) is 5.91 Å². The molecule has 2 amide bonds. The Morgan fingerprint density at radius 1 is 1.11 bits per heavy atom. The summed E-state index contributed by atoms with van der Waals surface area (Å²) in [6, 6.07) is 8.15. The molecule has 1 aromatic carbocycles. The van der Waals surface area contributed by atoms with E-state index in [1.165, 1.54) is 11.8 Å². The van der Waals surface area contributed by atoms with Gasteiger partial charge in [-0.2, -0.15) is 0 Å². The van der Waals surface area contributed by atoms with Gasteiger partial charge in [0.25, 0.3) is 5.91 Å². The van der Waals surface area contributed by atoms with Crippen LogP contribution in [0.25, 0.3) is 0 Å². The Morgan fingerprint density at radius 3 is 2.50 bits per heavy atom. The van der Waals surface area contributed by atoms with Gasteiger partial charge in [-0.3, -0.25) is 14.6 Å². The summed E-state index contributed by atoms with van der Waals surface area (Å²) in [5.41, 5.74) is 3.40. The fourth-order valence-corrected chi connectivity index (χ4v) is 3.54. The molecule has 0 unspecified atom stereocenters. The Bertz CT molecular complexity index is 815. The zero-order valence-electron chi connectivity index (χ0n) is 16.7. The van der Waals surface area contributed by atoms with Crippen LogP contribution in [0.1, 0.15) is 66.3 Å². The van der Waals surface area contributed by atoms with E-state index < -0.39 is 0 Å². The van der Waals surface area contributed by atoms with Crippen molar-refractivity contribution in [2.75, 3.05) is 0 Å². The fraction of sp³-hybridized carbons (Fsp3) is 0.455. The quantitative estimate of drug-likeness (QED) is 0.806. The first-order valence-corrected chi connectivity index (χ1v) is 9.90. The SMILES string of the molecule is Cc1cnc(C(=O)N[C@@H]2CCC[C@@H]2C(=O)NCc2ccc(C(C)C)cc2)cn1. The number of rotatable bonds is 6. The van der Waals surface area contributed by atoms with Crippen LogP contribution in [0.15, 0.2) is 36.7 Å². The lowest BCUT2D eigenvalue weighted by molar-refractivity contribution is -0.125. The van der Waals surface area contributed by atoms with Crippen LogP contribution in [0.5, 0.6) is 0 Å². The van der Waals surface area contributed by atoms with Crippen molar-refractivity contribution in [1.29, 1.82) is 0 Å². The normalized spacial score (nSPS) is 18.9. The second-order valence-electron chi connectivity index (χ2n) is 7.77. The van der Waals surface area contributed by atoms with Crippen LogP contribution in [0, 0.1) is 12.8 Å². The van der Waals surface area contributed by atoms with E-state index in [4.69, 9.17) is 0 Å². The molecule has 2 N–H and O–H groups in total. The third kappa shape index (κ3) is 4.94. The van der Waals surface area contributed by atoms with Gasteiger partial charge in [-0.25, -0.2) is 4.98 Å². The molecule has 1 fully saturated rings. The molecule has 0 spiro atoms. The van der Waals surface area contributed by atoms with Gasteiger partial charge in [0.15, 0.2) is 0 Å². The van der Waals surface area contributed by atoms with Crippen molar-refractivity contribution in [2.24, 2.45) is 5.92 Å². The summed E-state index contributed by atoms with van der Waals surface area (Å²) in [4.78, 5) is 33.3. The lowest BCUT2D eigenvalue weighted by atomic mass is 10.0. The Labute approximate surface area is 166 Å². The highest BCUT2D eigenvalue weighted by Gasteiger charge is 2.34. The molecule has 0 radical (unpaired) electrons. The van der Waals surface area contributed by atoms with Gasteiger partial charge in [-0.15, -0.1) is 0 Å². The largest absolute Gasteiger partial charge is 0.352 e. The molecule has 6 nitrogen and oxygen atoms in total. The van der Waals surface area contributed by atoms with Crippen LogP contribution in [0.2, 0.25) is 0 Å². The molecule has 148 valence electrons. The Balaban J connectivity index is 1.55. The van der Waals surface area contributed by atoms with Crippen molar-refractivity contribution in [1.82, 2.24) is 20.6 Å². The molecule has 0 bridgehead atoms. The maximum absolute atomic E-state index is 12.7. The average molecular weight is 380 g/mol. The van der Waals surface area contributed by atoms with Crippen LogP contribution >= 0.6 is 0 Å². The Morgan fingerprint density at radius 2 is 1.86 bits per heavy atom. The summed E-state index contributed by atoms with van der Waals surface area (Å²) < 4.78 is 0. The first-order valence-electron chi connectivity index (χ1n) is 9.90. The summed E-state index contributed by atoms with van der Waals surface area (Å²) in [5, 5.41) is 5.98. The van der Waals surface area contributed by atoms with E-state index in [-0.39, 0.29) is 29.5 Å². The number of hydrogen-bond acceptors (Lipinski definition) is 4. The highest BCUT2D eigenvalue weighted by atomic mass is 16.2. The molecule has 28 heavy (non-hydrogen) atoms. The van der Waals surface area contributed by atoms with Crippen LogP contribution < -0.4 is 10.6 Å². The van der Waals surface area contributed by atoms with Crippen molar-refractivity contribution in [3.8, 4) is 0 Å². The third-order valence-corrected chi connectivity index (χ3v) is 5.30. The Kier molecular flexibility index (Phi) is 6.39. The van der Waals surface area contributed by atoms with Gasteiger partial charge >= 0.3 is 0 Å². The van der Waals surface area contributed by atoms with Crippen molar-refractivity contribution < 1.29 is 9.59 Å². The second kappa shape index (κ2) is 8.95. The van der Waals surface area contributed by atoms with E-state index in [1.807, 2.05) is 6.92 Å². The number of aryl methyl sites for hydroxylation is 1. The number of carbonyl (C=O) groups is 2. The summed E-state index contributed by atoms with van der Waals surface area (Å²) in [5.74, 6) is -0.00536. The van der Waals surface area contributed by atoms with Crippen molar-refractivity contribution >= 4 is 11.8 Å². The molecule has 3 rings (SSSR count). The van der Waals surface area contributed by atoms with Gasteiger partial charge in [0.05, 0.1) is 17.8 Å². The summed E-state index contributed by atoms with van der Waals surface area (Å²) in [7, 11) is 0. The maximum atomic E-state index is 12.7. The minimum Gasteiger partial charge on any atom is -0.352 e. The minimum atomic E-state index is -0.276. The smallest absolute Gasteiger partial charge is 0.271 e. The van der Waals surface area contributed by atoms with Crippen LogP contribution in [-0.4, -0.2) is 27.8 Å². The number of benzene rings is 1. The van der Waals surface area contributed by atoms with E-state index >= 15 is 0 Å². The number of amides is 2. The lowest BCUT2D eigenvalue weighted by Gasteiger charge is -2.20.